The van der Waals surface area contributed by atoms with E-state index in [1.165, 1.54) is 0 Å². The average Bonchev–Trinajstić information content (AvgIpc) is 2.38. The number of hydrogen-bond acceptors (Lipinski definition) is 3. The lowest BCUT2D eigenvalue weighted by molar-refractivity contribution is 0.550. The zero-order chi connectivity index (χ0) is 12.7. The zero-order valence-corrected chi connectivity index (χ0v) is 10.6. The van der Waals surface area contributed by atoms with Crippen LogP contribution in [-0.2, 0) is 0 Å². The van der Waals surface area contributed by atoms with Crippen LogP contribution in [0.3, 0.4) is 0 Å². The summed E-state index contributed by atoms with van der Waals surface area (Å²) in [5.74, 6) is 1.52. The van der Waals surface area contributed by atoms with E-state index >= 15 is 0 Å². The predicted octanol–water partition coefficient (Wildman–Crippen LogP) is 2.99. The Hall–Kier alpha value is -1.82. The van der Waals surface area contributed by atoms with Crippen molar-refractivity contribution in [2.45, 2.75) is 20.3 Å². The van der Waals surface area contributed by atoms with E-state index in [1.807, 2.05) is 12.1 Å². The van der Waals surface area contributed by atoms with E-state index in [-0.39, 0.29) is 0 Å². The van der Waals surface area contributed by atoms with Crippen LogP contribution < -0.4 is 4.90 Å². The topological polar surface area (TPSA) is 39.9 Å². The van der Waals surface area contributed by atoms with Crippen molar-refractivity contribution >= 4 is 5.82 Å². The molecule has 1 aromatic rings. The van der Waals surface area contributed by atoms with Gasteiger partial charge in [-0.1, -0.05) is 26.3 Å². The van der Waals surface area contributed by atoms with Gasteiger partial charge in [-0.05, 0) is 18.1 Å². The Balaban J connectivity index is 2.81. The molecule has 1 aromatic heterocycles. The van der Waals surface area contributed by atoms with Crippen molar-refractivity contribution in [1.82, 2.24) is 4.98 Å². The summed E-state index contributed by atoms with van der Waals surface area (Å²) in [7, 11) is 0. The summed E-state index contributed by atoms with van der Waals surface area (Å²) in [5, 5.41) is 8.73. The first-order valence-electron chi connectivity index (χ1n) is 5.93. The Morgan fingerprint density at radius 1 is 1.59 bits per heavy atom. The van der Waals surface area contributed by atoms with E-state index in [1.54, 1.807) is 12.3 Å². The molecule has 90 valence electrons. The van der Waals surface area contributed by atoms with Crippen molar-refractivity contribution in [3.63, 3.8) is 0 Å². The minimum atomic E-state index is 0.593. The van der Waals surface area contributed by atoms with Gasteiger partial charge in [0, 0.05) is 19.3 Å². The van der Waals surface area contributed by atoms with Crippen molar-refractivity contribution in [1.29, 1.82) is 5.26 Å². The van der Waals surface area contributed by atoms with Gasteiger partial charge in [0.05, 0.1) is 5.56 Å². The summed E-state index contributed by atoms with van der Waals surface area (Å²) in [5.41, 5.74) is 0.593. The molecule has 0 N–H and O–H groups in total. The summed E-state index contributed by atoms with van der Waals surface area (Å²) in [6, 6.07) is 5.77. The second-order valence-corrected chi connectivity index (χ2v) is 4.22. The fourth-order valence-corrected chi connectivity index (χ4v) is 1.56. The molecule has 1 unspecified atom stereocenters. The minimum Gasteiger partial charge on any atom is -0.353 e. The molecule has 0 fully saturated rings. The number of nitrogens with zero attached hydrogens (tertiary/aromatic N) is 3. The number of nitriles is 1. The molecular weight excluding hydrogens is 210 g/mol. The molecule has 1 atom stereocenters. The molecule has 0 aliphatic heterocycles. The largest absolute Gasteiger partial charge is 0.353 e. The van der Waals surface area contributed by atoms with E-state index in [4.69, 9.17) is 5.26 Å². The van der Waals surface area contributed by atoms with E-state index in [2.05, 4.69) is 36.4 Å². The minimum absolute atomic E-state index is 0.593. The van der Waals surface area contributed by atoms with Crippen LogP contribution in [0.5, 0.6) is 0 Å². The molecule has 0 aliphatic rings. The number of aromatic nitrogens is 1. The van der Waals surface area contributed by atoms with Crippen molar-refractivity contribution in [3.8, 4) is 6.07 Å². The standard InChI is InChI=1S/C14H19N3/c1-4-8-17(11-12(3)5-2)14-7-6-13(9-15)10-16-14/h4,6-7,10,12H,1,5,8,11H2,2-3H3. The summed E-state index contributed by atoms with van der Waals surface area (Å²) in [6.07, 6.45) is 4.63. The van der Waals surface area contributed by atoms with Crippen LogP contribution in [0.2, 0.25) is 0 Å². The number of rotatable bonds is 6. The van der Waals surface area contributed by atoms with Crippen molar-refractivity contribution in [3.05, 3.63) is 36.5 Å². The normalized spacial score (nSPS) is 11.6. The van der Waals surface area contributed by atoms with E-state index in [0.29, 0.717) is 11.5 Å². The lowest BCUT2D eigenvalue weighted by atomic mass is 10.1. The summed E-state index contributed by atoms with van der Waals surface area (Å²) in [4.78, 5) is 6.49. The third kappa shape index (κ3) is 3.92. The van der Waals surface area contributed by atoms with Gasteiger partial charge in [-0.25, -0.2) is 4.98 Å². The van der Waals surface area contributed by atoms with Crippen LogP contribution in [0.4, 0.5) is 5.82 Å². The molecule has 0 saturated heterocycles. The van der Waals surface area contributed by atoms with Gasteiger partial charge >= 0.3 is 0 Å². The second kappa shape index (κ2) is 6.70. The highest BCUT2D eigenvalue weighted by Crippen LogP contribution is 2.14. The maximum Gasteiger partial charge on any atom is 0.128 e. The first-order chi connectivity index (χ1) is 8.21. The third-order valence-corrected chi connectivity index (χ3v) is 2.78. The highest BCUT2D eigenvalue weighted by Gasteiger charge is 2.09. The van der Waals surface area contributed by atoms with Crippen molar-refractivity contribution in [2.24, 2.45) is 5.92 Å². The molecule has 0 aromatic carbocycles. The fourth-order valence-electron chi connectivity index (χ4n) is 1.56. The highest BCUT2D eigenvalue weighted by molar-refractivity contribution is 5.42. The Bertz CT molecular complexity index is 389. The second-order valence-electron chi connectivity index (χ2n) is 4.22. The van der Waals surface area contributed by atoms with Crippen LogP contribution >= 0.6 is 0 Å². The SMILES string of the molecule is C=CCN(CC(C)CC)c1ccc(C#N)cn1. The van der Waals surface area contributed by atoms with Crippen molar-refractivity contribution in [2.75, 3.05) is 18.0 Å². The van der Waals surface area contributed by atoms with Gasteiger partial charge in [0.15, 0.2) is 0 Å². The van der Waals surface area contributed by atoms with Gasteiger partial charge in [0.2, 0.25) is 0 Å². The Morgan fingerprint density at radius 2 is 2.35 bits per heavy atom. The van der Waals surface area contributed by atoms with Gasteiger partial charge in [-0.3, -0.25) is 0 Å². The predicted molar refractivity (Wildman–Crippen MR) is 70.8 cm³/mol. The zero-order valence-electron chi connectivity index (χ0n) is 10.6. The van der Waals surface area contributed by atoms with E-state index < -0.39 is 0 Å². The number of pyridine rings is 1. The Kier molecular flexibility index (Phi) is 5.22. The molecule has 0 spiro atoms. The van der Waals surface area contributed by atoms with Gasteiger partial charge in [0.25, 0.3) is 0 Å². The molecule has 0 saturated carbocycles. The lowest BCUT2D eigenvalue weighted by Gasteiger charge is -2.25. The molecule has 0 bridgehead atoms. The maximum absolute atomic E-state index is 8.73. The maximum atomic E-state index is 8.73. The number of anilines is 1. The Labute approximate surface area is 103 Å². The van der Waals surface area contributed by atoms with Crippen LogP contribution in [0.25, 0.3) is 0 Å². The van der Waals surface area contributed by atoms with Gasteiger partial charge in [-0.15, -0.1) is 6.58 Å². The molecular formula is C14H19N3. The first kappa shape index (κ1) is 13.2. The fraction of sp³-hybridized carbons (Fsp3) is 0.429. The first-order valence-corrected chi connectivity index (χ1v) is 5.93. The molecule has 1 rings (SSSR count). The molecule has 0 radical (unpaired) electrons. The summed E-state index contributed by atoms with van der Waals surface area (Å²) >= 11 is 0. The molecule has 0 aliphatic carbocycles. The Morgan fingerprint density at radius 3 is 2.82 bits per heavy atom. The molecule has 1 heterocycles. The highest BCUT2D eigenvalue weighted by atomic mass is 15.2. The van der Waals surface area contributed by atoms with Crippen LogP contribution in [0.15, 0.2) is 31.0 Å². The van der Waals surface area contributed by atoms with Crippen LogP contribution in [0, 0.1) is 17.2 Å². The van der Waals surface area contributed by atoms with E-state index in [0.717, 1.165) is 25.3 Å². The van der Waals surface area contributed by atoms with Gasteiger partial charge < -0.3 is 4.90 Å². The smallest absolute Gasteiger partial charge is 0.128 e. The molecule has 3 heteroatoms. The quantitative estimate of drug-likeness (QED) is 0.704. The van der Waals surface area contributed by atoms with Crippen LogP contribution in [-0.4, -0.2) is 18.1 Å². The summed E-state index contributed by atoms with van der Waals surface area (Å²) in [6.45, 7) is 9.92. The van der Waals surface area contributed by atoms with Crippen molar-refractivity contribution < 1.29 is 0 Å². The summed E-state index contributed by atoms with van der Waals surface area (Å²) < 4.78 is 0. The van der Waals surface area contributed by atoms with Gasteiger partial charge in [0.1, 0.15) is 11.9 Å². The molecule has 3 nitrogen and oxygen atoms in total. The number of hydrogen-bond donors (Lipinski definition) is 0. The third-order valence-electron chi connectivity index (χ3n) is 2.78. The molecule has 17 heavy (non-hydrogen) atoms. The lowest BCUT2D eigenvalue weighted by Crippen LogP contribution is -2.29. The monoisotopic (exact) mass is 229 g/mol. The molecule has 0 amide bonds. The van der Waals surface area contributed by atoms with Gasteiger partial charge in [-0.2, -0.15) is 5.26 Å². The van der Waals surface area contributed by atoms with E-state index in [9.17, 15) is 0 Å². The van der Waals surface area contributed by atoms with Crippen LogP contribution in [0.1, 0.15) is 25.8 Å². The average molecular weight is 229 g/mol.